The van der Waals surface area contributed by atoms with Crippen molar-refractivity contribution >= 4 is 5.91 Å². The van der Waals surface area contributed by atoms with Crippen LogP contribution in [0.1, 0.15) is 38.8 Å². The van der Waals surface area contributed by atoms with Crippen LogP contribution in [0.4, 0.5) is 4.39 Å². The maximum atomic E-state index is 13.3. The van der Waals surface area contributed by atoms with Crippen LogP contribution in [0.15, 0.2) is 48.5 Å². The van der Waals surface area contributed by atoms with E-state index in [0.717, 1.165) is 5.56 Å². The first-order chi connectivity index (χ1) is 12.3. The van der Waals surface area contributed by atoms with E-state index < -0.39 is 6.10 Å². The highest BCUT2D eigenvalue weighted by Gasteiger charge is 2.30. The maximum absolute atomic E-state index is 13.3. The number of benzene rings is 2. The Hall–Kier alpha value is -2.56. The molecule has 1 N–H and O–H groups in total. The number of hydrogen-bond acceptors (Lipinski definition) is 3. The average Bonchev–Trinajstić information content (AvgIpc) is 2.60. The van der Waals surface area contributed by atoms with Gasteiger partial charge in [0.1, 0.15) is 12.4 Å². The zero-order chi connectivity index (χ0) is 18.7. The summed E-state index contributed by atoms with van der Waals surface area (Å²) < 4.78 is 24.7. The van der Waals surface area contributed by atoms with Gasteiger partial charge in [-0.05, 0) is 41.7 Å². The Morgan fingerprint density at radius 2 is 1.81 bits per heavy atom. The van der Waals surface area contributed by atoms with Crippen LogP contribution < -0.4 is 14.8 Å². The molecule has 1 amide bonds. The van der Waals surface area contributed by atoms with Crippen LogP contribution in [0.3, 0.4) is 0 Å². The van der Waals surface area contributed by atoms with Crippen molar-refractivity contribution in [3.8, 4) is 11.5 Å². The number of rotatable bonds is 4. The van der Waals surface area contributed by atoms with E-state index >= 15 is 0 Å². The Kier molecular flexibility index (Phi) is 5.16. The van der Waals surface area contributed by atoms with Gasteiger partial charge in [0.05, 0.1) is 6.04 Å². The molecule has 4 nitrogen and oxygen atoms in total. The third kappa shape index (κ3) is 4.54. The quantitative estimate of drug-likeness (QED) is 0.889. The lowest BCUT2D eigenvalue weighted by atomic mass is 9.85. The molecule has 2 unspecified atom stereocenters. The largest absolute Gasteiger partial charge is 0.485 e. The summed E-state index contributed by atoms with van der Waals surface area (Å²) in [6.45, 7) is 6.47. The Balaban J connectivity index is 1.74. The van der Waals surface area contributed by atoms with E-state index in [1.165, 1.54) is 12.1 Å². The molecule has 0 saturated heterocycles. The molecule has 2 atom stereocenters. The lowest BCUT2D eigenvalue weighted by Gasteiger charge is -2.30. The lowest BCUT2D eigenvalue weighted by Crippen LogP contribution is -2.45. The molecule has 1 heterocycles. The molecule has 0 fully saturated rings. The van der Waals surface area contributed by atoms with Gasteiger partial charge in [-0.15, -0.1) is 0 Å². The number of para-hydroxylation sites is 2. The summed E-state index contributed by atoms with van der Waals surface area (Å²) in [5, 5.41) is 3.04. The minimum absolute atomic E-state index is 0.0111. The molecule has 0 spiro atoms. The zero-order valence-electron chi connectivity index (χ0n) is 15.3. The van der Waals surface area contributed by atoms with Gasteiger partial charge in [-0.1, -0.05) is 45.0 Å². The first kappa shape index (κ1) is 18.2. The van der Waals surface area contributed by atoms with Gasteiger partial charge < -0.3 is 14.8 Å². The SMILES string of the molecule is CC(C)(C)CC(NC(=O)C1COc2ccccc2O1)c1ccc(F)cc1. The first-order valence-corrected chi connectivity index (χ1v) is 8.76. The molecule has 5 heteroatoms. The van der Waals surface area contributed by atoms with Crippen molar-refractivity contribution < 1.29 is 18.7 Å². The molecule has 2 aromatic carbocycles. The fraction of sp³-hybridized carbons (Fsp3) is 0.381. The van der Waals surface area contributed by atoms with Gasteiger partial charge >= 0.3 is 0 Å². The summed E-state index contributed by atoms with van der Waals surface area (Å²) in [6, 6.07) is 13.3. The van der Waals surface area contributed by atoms with E-state index in [4.69, 9.17) is 9.47 Å². The van der Waals surface area contributed by atoms with Gasteiger partial charge in [-0.25, -0.2) is 4.39 Å². The highest BCUT2D eigenvalue weighted by Crippen LogP contribution is 2.32. The molecular formula is C21H24FNO3. The highest BCUT2D eigenvalue weighted by molar-refractivity contribution is 5.82. The minimum atomic E-state index is -0.715. The number of hydrogen-bond donors (Lipinski definition) is 1. The summed E-state index contributed by atoms with van der Waals surface area (Å²) in [5.41, 5.74) is 0.856. The molecule has 138 valence electrons. The average molecular weight is 357 g/mol. The third-order valence-electron chi connectivity index (χ3n) is 4.21. The van der Waals surface area contributed by atoms with Gasteiger partial charge in [-0.2, -0.15) is 0 Å². The van der Waals surface area contributed by atoms with Gasteiger partial charge in [-0.3, -0.25) is 4.79 Å². The van der Waals surface area contributed by atoms with Gasteiger partial charge in [0.25, 0.3) is 5.91 Å². The van der Waals surface area contributed by atoms with Gasteiger partial charge in [0, 0.05) is 0 Å². The van der Waals surface area contributed by atoms with Crippen molar-refractivity contribution in [1.29, 1.82) is 0 Å². The highest BCUT2D eigenvalue weighted by atomic mass is 19.1. The first-order valence-electron chi connectivity index (χ1n) is 8.76. The molecule has 0 saturated carbocycles. The molecule has 0 bridgehead atoms. The topological polar surface area (TPSA) is 47.6 Å². The summed E-state index contributed by atoms with van der Waals surface area (Å²) in [6.07, 6.45) is 0.00182. The molecule has 3 rings (SSSR count). The number of fused-ring (bicyclic) bond motifs is 1. The number of ether oxygens (including phenoxy) is 2. The van der Waals surface area contributed by atoms with Gasteiger partial charge in [0.15, 0.2) is 11.5 Å². The monoisotopic (exact) mass is 357 g/mol. The summed E-state index contributed by atoms with van der Waals surface area (Å²) in [7, 11) is 0. The number of halogens is 1. The van der Waals surface area contributed by atoms with E-state index in [1.807, 2.05) is 18.2 Å². The van der Waals surface area contributed by atoms with Crippen molar-refractivity contribution in [1.82, 2.24) is 5.32 Å². The Morgan fingerprint density at radius 1 is 1.15 bits per heavy atom. The van der Waals surface area contributed by atoms with Crippen molar-refractivity contribution in [2.45, 2.75) is 39.3 Å². The van der Waals surface area contributed by atoms with Crippen molar-refractivity contribution in [3.63, 3.8) is 0 Å². The molecule has 0 aliphatic carbocycles. The second-order valence-corrected chi connectivity index (χ2v) is 7.74. The Bertz CT molecular complexity index is 768. The van der Waals surface area contributed by atoms with Crippen LogP contribution in [0.2, 0.25) is 0 Å². The molecule has 2 aromatic rings. The van der Waals surface area contributed by atoms with E-state index in [9.17, 15) is 9.18 Å². The predicted octanol–water partition coefficient (Wildman–Crippen LogP) is 4.26. The second-order valence-electron chi connectivity index (χ2n) is 7.74. The summed E-state index contributed by atoms with van der Waals surface area (Å²) in [4.78, 5) is 12.8. The van der Waals surface area contributed by atoms with Crippen molar-refractivity contribution in [3.05, 3.63) is 59.9 Å². The molecule has 26 heavy (non-hydrogen) atoms. The van der Waals surface area contributed by atoms with Crippen LogP contribution in [-0.2, 0) is 4.79 Å². The summed E-state index contributed by atoms with van der Waals surface area (Å²) >= 11 is 0. The molecule has 0 radical (unpaired) electrons. The smallest absolute Gasteiger partial charge is 0.265 e. The normalized spacial score (nSPS) is 17.5. The number of carbonyl (C=O) groups is 1. The lowest BCUT2D eigenvalue weighted by molar-refractivity contribution is -0.131. The number of carbonyl (C=O) groups excluding carboxylic acids is 1. The Morgan fingerprint density at radius 3 is 2.46 bits per heavy atom. The molecule has 0 aromatic heterocycles. The van der Waals surface area contributed by atoms with E-state index in [1.54, 1.807) is 18.2 Å². The van der Waals surface area contributed by atoms with Crippen molar-refractivity contribution in [2.24, 2.45) is 5.41 Å². The standard InChI is InChI=1S/C21H24FNO3/c1-21(2,3)12-16(14-8-10-15(22)11-9-14)23-20(24)19-13-25-17-6-4-5-7-18(17)26-19/h4-11,16,19H,12-13H2,1-3H3,(H,23,24). The number of amides is 1. The molecule has 1 aliphatic rings. The zero-order valence-corrected chi connectivity index (χ0v) is 15.3. The number of nitrogens with one attached hydrogen (secondary N) is 1. The summed E-state index contributed by atoms with van der Waals surface area (Å²) in [5.74, 6) is 0.669. The van der Waals surface area contributed by atoms with Crippen LogP contribution in [0.25, 0.3) is 0 Å². The fourth-order valence-electron chi connectivity index (χ4n) is 2.97. The van der Waals surface area contributed by atoms with Crippen LogP contribution >= 0.6 is 0 Å². The Labute approximate surface area is 153 Å². The second kappa shape index (κ2) is 7.36. The van der Waals surface area contributed by atoms with Crippen molar-refractivity contribution in [2.75, 3.05) is 6.61 Å². The predicted molar refractivity (Wildman–Crippen MR) is 97.7 cm³/mol. The van der Waals surface area contributed by atoms with Crippen LogP contribution in [0.5, 0.6) is 11.5 Å². The van der Waals surface area contributed by atoms with E-state index in [2.05, 4.69) is 26.1 Å². The van der Waals surface area contributed by atoms with Crippen LogP contribution in [0, 0.1) is 11.2 Å². The van der Waals surface area contributed by atoms with E-state index in [0.29, 0.717) is 17.9 Å². The fourth-order valence-corrected chi connectivity index (χ4v) is 2.97. The molecular weight excluding hydrogens is 333 g/mol. The minimum Gasteiger partial charge on any atom is -0.485 e. The van der Waals surface area contributed by atoms with Gasteiger partial charge in [0.2, 0.25) is 6.10 Å². The molecule has 1 aliphatic heterocycles. The third-order valence-corrected chi connectivity index (χ3v) is 4.21. The van der Waals surface area contributed by atoms with E-state index in [-0.39, 0.29) is 29.8 Å². The maximum Gasteiger partial charge on any atom is 0.265 e. The van der Waals surface area contributed by atoms with Crippen LogP contribution in [-0.4, -0.2) is 18.6 Å².